The fraction of sp³-hybridized carbons (Fsp3) is 0.571. The van der Waals surface area contributed by atoms with Crippen LogP contribution in [-0.4, -0.2) is 18.3 Å². The topological polar surface area (TPSA) is 18.5 Å². The van der Waals surface area contributed by atoms with Gasteiger partial charge < -0.3 is 9.31 Å². The first-order valence-corrected chi connectivity index (χ1v) is 7.24. The summed E-state index contributed by atoms with van der Waals surface area (Å²) in [7, 11) is -0.601. The summed E-state index contributed by atoms with van der Waals surface area (Å²) in [4.78, 5) is 0. The number of benzene rings is 1. The Balaban J connectivity index is 2.57. The maximum Gasteiger partial charge on any atom is 0.495 e. The molecule has 1 aliphatic heterocycles. The number of hydrogen-bond acceptors (Lipinski definition) is 2. The molecule has 0 aromatic heterocycles. The highest BCUT2D eigenvalue weighted by Crippen LogP contribution is 2.38. The molecule has 1 heterocycles. The lowest BCUT2D eigenvalue weighted by atomic mass is 9.73. The molecule has 0 N–H and O–H groups in total. The Morgan fingerprint density at radius 2 is 1.25 bits per heavy atom. The van der Waals surface area contributed by atoms with Crippen molar-refractivity contribution < 1.29 is 13.7 Å². The van der Waals surface area contributed by atoms with Crippen LogP contribution >= 0.6 is 23.2 Å². The molecule has 0 unspecified atom stereocenters. The van der Waals surface area contributed by atoms with Gasteiger partial charge in [0, 0.05) is 0 Å². The van der Waals surface area contributed by atoms with Gasteiger partial charge in [0.25, 0.3) is 0 Å². The van der Waals surface area contributed by atoms with Crippen LogP contribution < -0.4 is 5.46 Å². The molecule has 0 spiro atoms. The van der Waals surface area contributed by atoms with Gasteiger partial charge in [-0.2, -0.15) is 0 Å². The molecule has 2 rings (SSSR count). The van der Waals surface area contributed by atoms with E-state index in [0.29, 0.717) is 16.6 Å². The van der Waals surface area contributed by atoms with Crippen LogP contribution in [0.2, 0.25) is 10.0 Å². The molecule has 110 valence electrons. The first-order valence-electron chi connectivity index (χ1n) is 6.49. The summed E-state index contributed by atoms with van der Waals surface area (Å²) in [6.07, 6.45) is 0. The molecule has 1 aromatic rings. The van der Waals surface area contributed by atoms with Crippen LogP contribution in [0.1, 0.15) is 38.8 Å². The van der Waals surface area contributed by atoms with Crippen molar-refractivity contribution in [3.05, 3.63) is 27.0 Å². The molecule has 0 radical (unpaired) electrons. The Kier molecular flexibility index (Phi) is 3.92. The maximum atomic E-state index is 13.9. The van der Waals surface area contributed by atoms with E-state index in [9.17, 15) is 4.39 Å². The third-order valence-corrected chi connectivity index (χ3v) is 5.24. The van der Waals surface area contributed by atoms with Crippen LogP contribution in [0.25, 0.3) is 0 Å². The van der Waals surface area contributed by atoms with E-state index in [4.69, 9.17) is 32.5 Å². The average Bonchev–Trinajstić information content (AvgIpc) is 2.53. The van der Waals surface area contributed by atoms with Crippen molar-refractivity contribution in [3.63, 3.8) is 0 Å². The minimum atomic E-state index is -0.601. The number of halogens is 3. The van der Waals surface area contributed by atoms with E-state index in [-0.39, 0.29) is 10.0 Å². The molecule has 0 amide bonds. The van der Waals surface area contributed by atoms with Crippen LogP contribution in [-0.2, 0) is 9.31 Å². The van der Waals surface area contributed by atoms with Crippen molar-refractivity contribution in [1.82, 2.24) is 0 Å². The minimum absolute atomic E-state index is 0.0188. The van der Waals surface area contributed by atoms with E-state index in [1.165, 1.54) is 0 Å². The van der Waals surface area contributed by atoms with E-state index in [0.717, 1.165) is 0 Å². The average molecular weight is 319 g/mol. The molecular formula is C14H18BCl2FO2. The van der Waals surface area contributed by atoms with Gasteiger partial charge in [0.2, 0.25) is 0 Å². The third-order valence-electron chi connectivity index (χ3n) is 4.34. The summed E-state index contributed by atoms with van der Waals surface area (Å²) in [5.41, 5.74) is 0.975. The van der Waals surface area contributed by atoms with E-state index in [2.05, 4.69) is 0 Å². The second-order valence-corrected chi connectivity index (χ2v) is 6.95. The van der Waals surface area contributed by atoms with E-state index < -0.39 is 24.1 Å². The highest BCUT2D eigenvalue weighted by Gasteiger charge is 2.52. The second kappa shape index (κ2) is 4.87. The van der Waals surface area contributed by atoms with Gasteiger partial charge in [-0.15, -0.1) is 0 Å². The lowest BCUT2D eigenvalue weighted by molar-refractivity contribution is 0.00578. The van der Waals surface area contributed by atoms with Crippen LogP contribution in [0.15, 0.2) is 0 Å². The molecule has 0 aliphatic carbocycles. The lowest BCUT2D eigenvalue weighted by Gasteiger charge is -2.32. The second-order valence-electron chi connectivity index (χ2n) is 6.19. The molecule has 20 heavy (non-hydrogen) atoms. The third kappa shape index (κ3) is 2.27. The number of rotatable bonds is 1. The zero-order valence-corrected chi connectivity index (χ0v) is 14.0. The molecule has 0 saturated carbocycles. The van der Waals surface area contributed by atoms with Crippen LogP contribution in [0.4, 0.5) is 4.39 Å². The molecule has 1 aliphatic rings. The Morgan fingerprint density at radius 1 is 0.900 bits per heavy atom. The fourth-order valence-electron chi connectivity index (χ4n) is 2.26. The van der Waals surface area contributed by atoms with Crippen LogP contribution in [0.5, 0.6) is 0 Å². The Labute approximate surface area is 129 Å². The maximum absolute atomic E-state index is 13.9. The Hall–Kier alpha value is -0.285. The standard InChI is InChI=1S/C14H18BCl2FO2/c1-7-9(8(2)11(17)12(18)10(7)16)15-19-13(3,4)14(5,6)20-15/h1-6H3. The smallest absolute Gasteiger partial charge is 0.399 e. The van der Waals surface area contributed by atoms with Crippen molar-refractivity contribution in [3.8, 4) is 0 Å². The van der Waals surface area contributed by atoms with Crippen molar-refractivity contribution in [2.24, 2.45) is 0 Å². The fourth-order valence-corrected chi connectivity index (χ4v) is 2.70. The normalized spacial score (nSPS) is 20.6. The SMILES string of the molecule is Cc1c(Cl)c(F)c(Cl)c(C)c1B1OC(C)(C)C(C)(C)O1. The summed E-state index contributed by atoms with van der Waals surface area (Å²) >= 11 is 12.0. The molecule has 1 fully saturated rings. The van der Waals surface area contributed by atoms with E-state index in [1.54, 1.807) is 13.8 Å². The molecule has 0 bridgehead atoms. The first-order chi connectivity index (χ1) is 8.99. The Morgan fingerprint density at radius 3 is 1.60 bits per heavy atom. The minimum Gasteiger partial charge on any atom is -0.399 e. The van der Waals surface area contributed by atoms with Crippen molar-refractivity contribution >= 4 is 35.8 Å². The van der Waals surface area contributed by atoms with Gasteiger partial charge in [0.1, 0.15) is 0 Å². The van der Waals surface area contributed by atoms with Gasteiger partial charge in [-0.05, 0) is 58.1 Å². The zero-order valence-electron chi connectivity index (χ0n) is 12.5. The molecule has 1 aromatic carbocycles. The number of hydrogen-bond donors (Lipinski definition) is 0. The predicted octanol–water partition coefficient (Wildman–Crippen LogP) is 4.05. The van der Waals surface area contributed by atoms with Crippen molar-refractivity contribution in [2.45, 2.75) is 52.7 Å². The molecular weight excluding hydrogens is 301 g/mol. The molecule has 6 heteroatoms. The van der Waals surface area contributed by atoms with Gasteiger partial charge in [0.05, 0.1) is 21.2 Å². The van der Waals surface area contributed by atoms with E-state index in [1.807, 2.05) is 27.7 Å². The van der Waals surface area contributed by atoms with Gasteiger partial charge in [-0.3, -0.25) is 0 Å². The van der Waals surface area contributed by atoms with Crippen molar-refractivity contribution in [2.75, 3.05) is 0 Å². The monoisotopic (exact) mass is 318 g/mol. The first kappa shape index (κ1) is 16.1. The van der Waals surface area contributed by atoms with Gasteiger partial charge >= 0.3 is 7.12 Å². The summed E-state index contributed by atoms with van der Waals surface area (Å²) < 4.78 is 25.9. The Bertz CT molecular complexity index is 528. The molecule has 0 atom stereocenters. The predicted molar refractivity (Wildman–Crippen MR) is 81.6 cm³/mol. The van der Waals surface area contributed by atoms with Gasteiger partial charge in [-0.25, -0.2) is 4.39 Å². The quantitative estimate of drug-likeness (QED) is 0.574. The summed E-state index contributed by atoms with van der Waals surface area (Å²) in [6.45, 7) is 11.3. The summed E-state index contributed by atoms with van der Waals surface area (Å²) in [5, 5.41) is 0.0376. The van der Waals surface area contributed by atoms with E-state index >= 15 is 0 Å². The lowest BCUT2D eigenvalue weighted by Crippen LogP contribution is -2.41. The van der Waals surface area contributed by atoms with Crippen LogP contribution in [0.3, 0.4) is 0 Å². The zero-order chi connectivity index (χ0) is 15.5. The summed E-state index contributed by atoms with van der Waals surface area (Å²) in [5.74, 6) is -0.594. The summed E-state index contributed by atoms with van der Waals surface area (Å²) in [6, 6.07) is 0. The molecule has 1 saturated heterocycles. The highest BCUT2D eigenvalue weighted by atomic mass is 35.5. The van der Waals surface area contributed by atoms with Gasteiger partial charge in [-0.1, -0.05) is 23.2 Å². The largest absolute Gasteiger partial charge is 0.495 e. The highest BCUT2D eigenvalue weighted by molar-refractivity contribution is 6.64. The molecule has 2 nitrogen and oxygen atoms in total. The van der Waals surface area contributed by atoms with Crippen molar-refractivity contribution in [1.29, 1.82) is 0 Å². The van der Waals surface area contributed by atoms with Crippen LogP contribution in [0, 0.1) is 19.7 Å². The van der Waals surface area contributed by atoms with Gasteiger partial charge in [0.15, 0.2) is 5.82 Å².